The van der Waals surface area contributed by atoms with Crippen molar-refractivity contribution in [1.82, 2.24) is 29.7 Å². The Labute approximate surface area is 332 Å². The molecule has 9 N–H and O–H groups in total. The third kappa shape index (κ3) is 7.32. The fraction of sp³-hybridized carbons (Fsp3) is 0.463. The summed E-state index contributed by atoms with van der Waals surface area (Å²) in [5, 5.41) is 62.1. The van der Waals surface area contributed by atoms with Gasteiger partial charge >= 0.3 is 0 Å². The lowest BCUT2D eigenvalue weighted by Gasteiger charge is -2.45. The van der Waals surface area contributed by atoms with Gasteiger partial charge in [0.1, 0.15) is 53.7 Å². The van der Waals surface area contributed by atoms with Crippen molar-refractivity contribution in [2.45, 2.75) is 81.2 Å². The van der Waals surface area contributed by atoms with Crippen LogP contribution in [0.4, 0.5) is 0 Å². The van der Waals surface area contributed by atoms with E-state index in [2.05, 4.69) is 20.6 Å². The number of nitrogens with one attached hydrogen (secondary N) is 4. The number of carbonyl (C=O) groups is 1. The van der Waals surface area contributed by atoms with Gasteiger partial charge in [-0.3, -0.25) is 9.59 Å². The lowest BCUT2D eigenvalue weighted by atomic mass is 9.79. The lowest BCUT2D eigenvalue weighted by molar-refractivity contribution is -0.367. The van der Waals surface area contributed by atoms with E-state index in [0.29, 0.717) is 78.0 Å². The maximum atomic E-state index is 13.5. The molecule has 1 aromatic carbocycles. The fourth-order valence-electron chi connectivity index (χ4n) is 8.55. The van der Waals surface area contributed by atoms with Gasteiger partial charge in [0, 0.05) is 73.8 Å². The zero-order chi connectivity index (χ0) is 40.8. The molecule has 0 spiro atoms. The molecule has 6 aromatic rings. The number of aryl methyl sites for hydroxylation is 1. The molecule has 1 saturated heterocycles. The highest BCUT2D eigenvalue weighted by Gasteiger charge is 2.50. The third-order valence-corrected chi connectivity index (χ3v) is 11.9. The van der Waals surface area contributed by atoms with Crippen molar-refractivity contribution in [3.63, 3.8) is 0 Å². The van der Waals surface area contributed by atoms with E-state index in [4.69, 9.17) is 18.9 Å². The number of ether oxygens (including phenoxy) is 1. The molecule has 2 aliphatic heterocycles. The second-order valence-electron chi connectivity index (χ2n) is 15.8. The molecule has 0 bridgehead atoms. The highest BCUT2D eigenvalue weighted by Crippen LogP contribution is 2.46. The molecular weight excluding hydrogens is 752 g/mol. The monoisotopic (exact) mass is 802 g/mol. The molecule has 0 radical (unpaired) electrons. The number of aromatic amines is 2. The molecule has 7 heterocycles. The third-order valence-electron chi connectivity index (χ3n) is 11.9. The predicted molar refractivity (Wildman–Crippen MR) is 212 cm³/mol. The molecule has 7 unspecified atom stereocenters. The maximum absolute atomic E-state index is 13.5. The molecule has 1 amide bonds. The summed E-state index contributed by atoms with van der Waals surface area (Å²) in [7, 11) is 1.82. The molecule has 5 aromatic heterocycles. The number of nitrogens with zero attached hydrogens (tertiary/aromatic N) is 2. The van der Waals surface area contributed by atoms with E-state index in [1.165, 1.54) is 6.07 Å². The molecule has 58 heavy (non-hydrogen) atoms. The number of aromatic nitrogens is 4. The summed E-state index contributed by atoms with van der Waals surface area (Å²) in [6, 6.07) is 8.64. The van der Waals surface area contributed by atoms with E-state index in [0.717, 1.165) is 16.4 Å². The van der Waals surface area contributed by atoms with E-state index in [1.54, 1.807) is 42.1 Å². The van der Waals surface area contributed by atoms with Gasteiger partial charge < -0.3 is 64.4 Å². The van der Waals surface area contributed by atoms with Crippen LogP contribution in [0.3, 0.4) is 0 Å². The largest absolute Gasteiger partial charge is 0.482 e. The van der Waals surface area contributed by atoms with E-state index in [1.807, 2.05) is 36.3 Å². The van der Waals surface area contributed by atoms with Crippen LogP contribution in [0.1, 0.15) is 37.0 Å². The number of fused-ring (bicyclic) bond motifs is 4. The van der Waals surface area contributed by atoms with Crippen LogP contribution in [0.5, 0.6) is 5.75 Å². The van der Waals surface area contributed by atoms with Crippen LogP contribution >= 0.6 is 0 Å². The van der Waals surface area contributed by atoms with Crippen molar-refractivity contribution >= 4 is 38.8 Å². The Hall–Kier alpha value is -4.98. The van der Waals surface area contributed by atoms with Crippen molar-refractivity contribution < 1.29 is 49.3 Å². The Balaban J connectivity index is 1.16. The van der Waals surface area contributed by atoms with Crippen molar-refractivity contribution in [1.29, 1.82) is 0 Å². The standard InChI is InChI=1S/C41H50N6O11/c1-23-13-31(49)27-15-26-16-34(58-55-21-33(51)41(54,39(53)32(50)20-48)22-46-12-6-28-30(46)5-10-43-28)40(8-11-42-2,7-3-24-14-35(52)45-17-24)57-37(26)36(38(27)56-23)47-18-25-4-9-44-29(25)19-47/h4-6,9-10,12-13,15,18-19,24,32-34,39,42-44,48,50-51,53-54H,3,7-8,11,14,16-17,20-22H2,1-2H3,(H,45,52). The first-order valence-corrected chi connectivity index (χ1v) is 19.6. The van der Waals surface area contributed by atoms with Gasteiger partial charge in [0.2, 0.25) is 5.91 Å². The number of aliphatic hydroxyl groups is 5. The number of hydrogen-bond donors (Lipinski definition) is 9. The first kappa shape index (κ1) is 39.8. The number of carbonyl (C=O) groups excluding carboxylic acids is 1. The molecule has 1 fully saturated rings. The van der Waals surface area contributed by atoms with Crippen LogP contribution in [0, 0.1) is 12.8 Å². The minimum Gasteiger partial charge on any atom is -0.482 e. The number of rotatable bonds is 17. The van der Waals surface area contributed by atoms with E-state index in [-0.39, 0.29) is 30.2 Å². The van der Waals surface area contributed by atoms with Gasteiger partial charge in [-0.25, -0.2) is 9.78 Å². The number of hydrogen-bond acceptors (Lipinski definition) is 12. The van der Waals surface area contributed by atoms with Gasteiger partial charge in [-0.05, 0) is 63.5 Å². The Morgan fingerprint density at radius 2 is 1.88 bits per heavy atom. The van der Waals surface area contributed by atoms with Crippen LogP contribution in [0.25, 0.3) is 38.6 Å². The molecule has 17 nitrogen and oxygen atoms in total. The zero-order valence-electron chi connectivity index (χ0n) is 32.3. The summed E-state index contributed by atoms with van der Waals surface area (Å²) >= 11 is 0. The van der Waals surface area contributed by atoms with Gasteiger partial charge in [0.15, 0.2) is 16.8 Å². The van der Waals surface area contributed by atoms with Gasteiger partial charge in [0.05, 0.1) is 35.1 Å². The first-order chi connectivity index (χ1) is 27.9. The van der Waals surface area contributed by atoms with Crippen molar-refractivity contribution in [3.8, 4) is 11.4 Å². The second kappa shape index (κ2) is 16.0. The molecule has 0 saturated carbocycles. The van der Waals surface area contributed by atoms with Crippen molar-refractivity contribution in [2.24, 2.45) is 5.92 Å². The van der Waals surface area contributed by atoms with Crippen molar-refractivity contribution in [3.05, 3.63) is 82.9 Å². The highest BCUT2D eigenvalue weighted by molar-refractivity contribution is 5.91. The minimum atomic E-state index is -2.42. The lowest BCUT2D eigenvalue weighted by Crippen LogP contribution is -2.61. The molecule has 7 atom stereocenters. The minimum absolute atomic E-state index is 0.0186. The summed E-state index contributed by atoms with van der Waals surface area (Å²) in [6.07, 6.45) is 4.60. The summed E-state index contributed by atoms with van der Waals surface area (Å²) in [4.78, 5) is 44.1. The maximum Gasteiger partial charge on any atom is 0.220 e. The number of amides is 1. The Kier molecular flexibility index (Phi) is 11.0. The Morgan fingerprint density at radius 3 is 2.64 bits per heavy atom. The summed E-state index contributed by atoms with van der Waals surface area (Å²) in [6.45, 7) is 0.845. The van der Waals surface area contributed by atoms with E-state index >= 15 is 0 Å². The molecular formula is C41H50N6O11. The van der Waals surface area contributed by atoms with Crippen LogP contribution in [0.2, 0.25) is 0 Å². The summed E-state index contributed by atoms with van der Waals surface area (Å²) < 4.78 is 17.0. The van der Waals surface area contributed by atoms with Crippen LogP contribution in [-0.2, 0) is 27.5 Å². The molecule has 0 aliphatic carbocycles. The molecule has 17 heteroatoms. The van der Waals surface area contributed by atoms with Gasteiger partial charge in [0.25, 0.3) is 0 Å². The fourth-order valence-corrected chi connectivity index (χ4v) is 8.55. The molecule has 2 aliphatic rings. The number of aliphatic hydroxyl groups excluding tert-OH is 4. The summed E-state index contributed by atoms with van der Waals surface area (Å²) in [5.74, 6) is 0.957. The highest BCUT2D eigenvalue weighted by atomic mass is 17.2. The number of benzene rings is 1. The van der Waals surface area contributed by atoms with E-state index in [9.17, 15) is 35.1 Å². The van der Waals surface area contributed by atoms with Gasteiger partial charge in [-0.1, -0.05) is 0 Å². The molecule has 8 rings (SSSR count). The Bertz CT molecular complexity index is 2440. The topological polar surface area (TPSA) is 242 Å². The SMILES string of the molecule is CNCCC1(CCC2CNC(=O)C2)Oc2c(cc3c(=O)cc(C)oc3c2-n2cc3cc[nH]c3c2)CC1OOCC(O)C(O)(Cn1ccc2[nH]ccc21)C(O)C(O)CO. The Morgan fingerprint density at radius 1 is 1.07 bits per heavy atom. The zero-order valence-corrected chi connectivity index (χ0v) is 32.3. The van der Waals surface area contributed by atoms with Crippen LogP contribution in [-0.4, -0.2) is 120 Å². The van der Waals surface area contributed by atoms with Crippen molar-refractivity contribution in [2.75, 3.05) is 33.4 Å². The van der Waals surface area contributed by atoms with E-state index < -0.39 is 48.8 Å². The van der Waals surface area contributed by atoms with Crippen LogP contribution in [0.15, 0.2) is 70.5 Å². The average molecular weight is 803 g/mol. The normalized spacial score (nSPS) is 22.2. The first-order valence-electron chi connectivity index (χ1n) is 19.6. The molecule has 310 valence electrons. The van der Waals surface area contributed by atoms with Gasteiger partial charge in [-0.15, -0.1) is 0 Å². The quantitative estimate of drug-likeness (QED) is 0.0473. The second-order valence-corrected chi connectivity index (χ2v) is 15.8. The van der Waals surface area contributed by atoms with Gasteiger partial charge in [-0.2, -0.15) is 0 Å². The smallest absolute Gasteiger partial charge is 0.220 e. The number of H-pyrrole nitrogens is 2. The average Bonchev–Trinajstić information content (AvgIpc) is 4.05. The summed E-state index contributed by atoms with van der Waals surface area (Å²) in [5.41, 5.74) is 0.0916. The predicted octanol–water partition coefficient (Wildman–Crippen LogP) is 1.68. The van der Waals surface area contributed by atoms with Crippen LogP contribution < -0.4 is 20.8 Å².